The molecule has 1 aromatic rings. The Bertz CT molecular complexity index is 629. The number of hydrogen-bond donors (Lipinski definition) is 4. The molecule has 0 heterocycles. The van der Waals surface area contributed by atoms with Gasteiger partial charge in [-0.25, -0.2) is 9.59 Å². The molecule has 0 radical (unpaired) electrons. The molecule has 8 nitrogen and oxygen atoms in total. The van der Waals surface area contributed by atoms with Crippen molar-refractivity contribution >= 4 is 29.4 Å². The van der Waals surface area contributed by atoms with E-state index in [1.54, 1.807) is 25.1 Å². The van der Waals surface area contributed by atoms with Crippen LogP contribution in [0.25, 0.3) is 0 Å². The lowest BCUT2D eigenvalue weighted by molar-refractivity contribution is -0.118. The summed E-state index contributed by atoms with van der Waals surface area (Å²) in [6.07, 6.45) is 1.38. The van der Waals surface area contributed by atoms with Gasteiger partial charge in [0.2, 0.25) is 5.91 Å². The Balaban J connectivity index is 1.86. The summed E-state index contributed by atoms with van der Waals surface area (Å²) in [5.41, 5.74) is 2.04. The zero-order valence-electron chi connectivity index (χ0n) is 13.8. The number of nitrogens with one attached hydrogen (secondary N) is 4. The van der Waals surface area contributed by atoms with E-state index in [0.717, 1.165) is 18.4 Å². The first-order valence-electron chi connectivity index (χ1n) is 7.87. The minimum atomic E-state index is -0.535. The van der Waals surface area contributed by atoms with Crippen molar-refractivity contribution < 1.29 is 19.1 Å². The maximum atomic E-state index is 11.8. The molecule has 0 spiro atoms. The fraction of sp³-hybridized carbons (Fsp3) is 0.438. The van der Waals surface area contributed by atoms with Gasteiger partial charge in [-0.2, -0.15) is 0 Å². The van der Waals surface area contributed by atoms with Crippen LogP contribution in [0.3, 0.4) is 0 Å². The molecule has 8 heteroatoms. The number of carbonyl (C=O) groups excluding carboxylic acids is 3. The third-order valence-corrected chi connectivity index (χ3v) is 3.45. The van der Waals surface area contributed by atoms with Gasteiger partial charge in [0.1, 0.15) is 0 Å². The van der Waals surface area contributed by atoms with E-state index in [0.29, 0.717) is 11.4 Å². The standard InChI is InChI=1S/C16H22N4O4/c1-3-24-16(23)19-13-6-4-5-12(10(13)2)17-9-14(21)20-15(22)18-11-7-8-11/h4-6,11,17H,3,7-9H2,1-2H3,(H,19,23)(H2,18,20,21,22). The van der Waals surface area contributed by atoms with E-state index in [1.807, 2.05) is 6.92 Å². The molecule has 2 rings (SSSR count). The van der Waals surface area contributed by atoms with Crippen molar-refractivity contribution in [1.82, 2.24) is 10.6 Å². The lowest BCUT2D eigenvalue weighted by Crippen LogP contribution is -2.42. The fourth-order valence-corrected chi connectivity index (χ4v) is 2.04. The van der Waals surface area contributed by atoms with Crippen molar-refractivity contribution in [3.05, 3.63) is 23.8 Å². The number of anilines is 2. The Labute approximate surface area is 140 Å². The van der Waals surface area contributed by atoms with Gasteiger partial charge in [0.05, 0.1) is 13.2 Å². The van der Waals surface area contributed by atoms with Crippen molar-refractivity contribution in [2.24, 2.45) is 0 Å². The number of carbonyl (C=O) groups is 3. The third kappa shape index (κ3) is 5.45. The SMILES string of the molecule is CCOC(=O)Nc1cccc(NCC(=O)NC(=O)NC2CC2)c1C. The molecule has 1 aliphatic rings. The van der Waals surface area contributed by atoms with Crippen LogP contribution in [0, 0.1) is 6.92 Å². The Morgan fingerprint density at radius 3 is 2.58 bits per heavy atom. The van der Waals surface area contributed by atoms with Crippen LogP contribution in [0.15, 0.2) is 18.2 Å². The van der Waals surface area contributed by atoms with Crippen LogP contribution < -0.4 is 21.3 Å². The van der Waals surface area contributed by atoms with Crippen molar-refractivity contribution in [2.45, 2.75) is 32.7 Å². The van der Waals surface area contributed by atoms with Gasteiger partial charge < -0.3 is 15.4 Å². The van der Waals surface area contributed by atoms with Gasteiger partial charge in [-0.1, -0.05) is 6.07 Å². The van der Waals surface area contributed by atoms with Crippen LogP contribution >= 0.6 is 0 Å². The van der Waals surface area contributed by atoms with E-state index in [4.69, 9.17) is 4.74 Å². The molecule has 1 fully saturated rings. The number of imide groups is 1. The summed E-state index contributed by atoms with van der Waals surface area (Å²) in [6.45, 7) is 3.76. The van der Waals surface area contributed by atoms with Gasteiger partial charge in [-0.05, 0) is 44.4 Å². The van der Waals surface area contributed by atoms with Crippen LogP contribution in [-0.2, 0) is 9.53 Å². The van der Waals surface area contributed by atoms with Gasteiger partial charge in [0.15, 0.2) is 0 Å². The van der Waals surface area contributed by atoms with Crippen molar-refractivity contribution in [2.75, 3.05) is 23.8 Å². The number of rotatable bonds is 6. The summed E-state index contributed by atoms with van der Waals surface area (Å²) in [6, 6.07) is 4.98. The minimum absolute atomic E-state index is 0.0538. The number of hydrogen-bond acceptors (Lipinski definition) is 5. The summed E-state index contributed by atoms with van der Waals surface area (Å²) >= 11 is 0. The first-order chi connectivity index (χ1) is 11.5. The molecule has 4 amide bonds. The van der Waals surface area contributed by atoms with Crippen LogP contribution in [0.5, 0.6) is 0 Å². The van der Waals surface area contributed by atoms with Crippen molar-refractivity contribution in [3.63, 3.8) is 0 Å². The summed E-state index contributed by atoms with van der Waals surface area (Å²) in [5, 5.41) is 10.5. The molecule has 0 aliphatic heterocycles. The molecule has 1 saturated carbocycles. The van der Waals surface area contributed by atoms with E-state index in [1.165, 1.54) is 0 Å². The highest BCUT2D eigenvalue weighted by Gasteiger charge is 2.23. The van der Waals surface area contributed by atoms with Gasteiger partial charge in [0.25, 0.3) is 0 Å². The molecule has 0 saturated heterocycles. The highest BCUT2D eigenvalue weighted by Crippen LogP contribution is 2.23. The van der Waals surface area contributed by atoms with Gasteiger partial charge in [-0.3, -0.25) is 15.4 Å². The van der Waals surface area contributed by atoms with Crippen LogP contribution in [0.2, 0.25) is 0 Å². The van der Waals surface area contributed by atoms with E-state index in [-0.39, 0.29) is 19.2 Å². The molecule has 0 aromatic heterocycles. The lowest BCUT2D eigenvalue weighted by atomic mass is 10.1. The van der Waals surface area contributed by atoms with Crippen molar-refractivity contribution in [1.29, 1.82) is 0 Å². The highest BCUT2D eigenvalue weighted by atomic mass is 16.5. The monoisotopic (exact) mass is 334 g/mol. The summed E-state index contributed by atoms with van der Waals surface area (Å²) in [5.74, 6) is -0.434. The highest BCUT2D eigenvalue weighted by molar-refractivity contribution is 5.96. The van der Waals surface area contributed by atoms with E-state index >= 15 is 0 Å². The normalized spacial score (nSPS) is 12.9. The molecule has 1 aliphatic carbocycles. The van der Waals surface area contributed by atoms with Crippen LogP contribution in [-0.4, -0.2) is 37.2 Å². The molecule has 24 heavy (non-hydrogen) atoms. The summed E-state index contributed by atoms with van der Waals surface area (Å²) < 4.78 is 4.84. The van der Waals surface area contributed by atoms with Crippen LogP contribution in [0.1, 0.15) is 25.3 Å². The van der Waals surface area contributed by atoms with E-state index in [9.17, 15) is 14.4 Å². The average molecular weight is 334 g/mol. The topological polar surface area (TPSA) is 109 Å². The van der Waals surface area contributed by atoms with E-state index < -0.39 is 18.0 Å². The smallest absolute Gasteiger partial charge is 0.411 e. The predicted molar refractivity (Wildman–Crippen MR) is 90.0 cm³/mol. The zero-order chi connectivity index (χ0) is 17.5. The van der Waals surface area contributed by atoms with E-state index in [2.05, 4.69) is 21.3 Å². The fourth-order valence-electron chi connectivity index (χ4n) is 2.04. The molecule has 0 unspecified atom stereocenters. The second-order valence-corrected chi connectivity index (χ2v) is 5.47. The minimum Gasteiger partial charge on any atom is -0.450 e. The quantitative estimate of drug-likeness (QED) is 0.636. The largest absolute Gasteiger partial charge is 0.450 e. The Morgan fingerprint density at radius 2 is 1.92 bits per heavy atom. The second kappa shape index (κ2) is 8.19. The first-order valence-corrected chi connectivity index (χ1v) is 7.87. The zero-order valence-corrected chi connectivity index (χ0v) is 13.8. The first kappa shape index (κ1) is 17.6. The number of amides is 4. The molecule has 0 bridgehead atoms. The second-order valence-electron chi connectivity index (χ2n) is 5.47. The Kier molecular flexibility index (Phi) is 6.00. The van der Waals surface area contributed by atoms with Crippen molar-refractivity contribution in [3.8, 4) is 0 Å². The molecule has 4 N–H and O–H groups in total. The van der Waals surface area contributed by atoms with Crippen LogP contribution in [0.4, 0.5) is 21.0 Å². The third-order valence-electron chi connectivity index (χ3n) is 3.45. The lowest BCUT2D eigenvalue weighted by Gasteiger charge is -2.14. The molecule has 1 aromatic carbocycles. The number of ether oxygens (including phenoxy) is 1. The maximum Gasteiger partial charge on any atom is 0.411 e. The molecular weight excluding hydrogens is 312 g/mol. The predicted octanol–water partition coefficient (Wildman–Crippen LogP) is 1.96. The van der Waals surface area contributed by atoms with Gasteiger partial charge in [0, 0.05) is 17.4 Å². The maximum absolute atomic E-state index is 11.8. The number of urea groups is 1. The average Bonchev–Trinajstić information content (AvgIpc) is 3.32. The summed E-state index contributed by atoms with van der Waals surface area (Å²) in [4.78, 5) is 34.7. The van der Waals surface area contributed by atoms with Gasteiger partial charge >= 0.3 is 12.1 Å². The molecular formula is C16H22N4O4. The Hall–Kier alpha value is -2.77. The number of benzene rings is 1. The Morgan fingerprint density at radius 1 is 1.21 bits per heavy atom. The summed E-state index contributed by atoms with van der Waals surface area (Å²) in [7, 11) is 0. The molecule has 130 valence electrons. The molecule has 0 atom stereocenters. The van der Waals surface area contributed by atoms with Gasteiger partial charge in [-0.15, -0.1) is 0 Å².